The summed E-state index contributed by atoms with van der Waals surface area (Å²) in [5.74, 6) is -0.607. The highest BCUT2D eigenvalue weighted by atomic mass is 35.5. The third-order valence-corrected chi connectivity index (χ3v) is 5.50. The molecule has 0 fully saturated rings. The number of hydrogen-bond acceptors (Lipinski definition) is 5. The van der Waals surface area contributed by atoms with Crippen molar-refractivity contribution >= 4 is 23.3 Å². The van der Waals surface area contributed by atoms with E-state index in [2.05, 4.69) is 5.43 Å². The minimum absolute atomic E-state index is 0.0364. The number of anilines is 1. The molecule has 6 heteroatoms. The number of nitrogens with one attached hydrogen (secondary N) is 1. The Morgan fingerprint density at radius 1 is 1.03 bits per heavy atom. The third kappa shape index (κ3) is 4.58. The first-order chi connectivity index (χ1) is 15.0. The van der Waals surface area contributed by atoms with Crippen molar-refractivity contribution in [2.24, 2.45) is 0 Å². The van der Waals surface area contributed by atoms with Crippen molar-refractivity contribution in [1.82, 2.24) is 5.43 Å². The topological polar surface area (TPSA) is 61.8 Å². The maximum atomic E-state index is 13.1. The fraction of sp³-hybridized carbons (Fsp3) is 0.160. The Morgan fingerprint density at radius 2 is 1.71 bits per heavy atom. The van der Waals surface area contributed by atoms with Crippen molar-refractivity contribution in [3.05, 3.63) is 112 Å². The smallest absolute Gasteiger partial charge is 0.339 e. The van der Waals surface area contributed by atoms with Gasteiger partial charge in [-0.25, -0.2) is 10.2 Å². The molecule has 0 aromatic heterocycles. The van der Waals surface area contributed by atoms with E-state index in [1.807, 2.05) is 84.7 Å². The molecule has 2 atom stereocenters. The van der Waals surface area contributed by atoms with Crippen LogP contribution in [0.4, 0.5) is 5.69 Å². The molecule has 0 saturated heterocycles. The van der Waals surface area contributed by atoms with Crippen LogP contribution in [-0.4, -0.2) is 17.1 Å². The molecule has 1 aliphatic heterocycles. The Morgan fingerprint density at radius 3 is 2.39 bits per heavy atom. The van der Waals surface area contributed by atoms with Gasteiger partial charge in [-0.05, 0) is 42.3 Å². The number of halogens is 1. The summed E-state index contributed by atoms with van der Waals surface area (Å²) in [5.41, 5.74) is 6.04. The van der Waals surface area contributed by atoms with Gasteiger partial charge in [-0.3, -0.25) is 5.01 Å². The van der Waals surface area contributed by atoms with Crippen LogP contribution in [-0.2, 0) is 16.1 Å². The second-order valence-corrected chi connectivity index (χ2v) is 7.80. The summed E-state index contributed by atoms with van der Waals surface area (Å²) in [7, 11) is 0. The number of rotatable bonds is 5. The summed E-state index contributed by atoms with van der Waals surface area (Å²) >= 11 is 6.21. The molecule has 0 spiro atoms. The van der Waals surface area contributed by atoms with E-state index < -0.39 is 18.1 Å². The third-order valence-electron chi connectivity index (χ3n) is 5.26. The predicted octanol–water partition coefficient (Wildman–Crippen LogP) is 5.35. The second-order valence-electron chi connectivity index (χ2n) is 7.36. The average molecular weight is 435 g/mol. The standard InChI is InChI=1S/C25H23ClN2O3/c1-17-24(29)22(25(30)31-16-18-9-4-2-5-10-18)23(19-11-8-12-20(26)15-19)27-28(17)21-13-6-3-7-14-21/h2-15,17,23,27,29H,16H2,1H3/t17-,23+/m1/s1. The lowest BCUT2D eigenvalue weighted by Gasteiger charge is -2.40. The van der Waals surface area contributed by atoms with E-state index in [-0.39, 0.29) is 17.9 Å². The van der Waals surface area contributed by atoms with Crippen molar-refractivity contribution in [3.63, 3.8) is 0 Å². The van der Waals surface area contributed by atoms with Crippen molar-refractivity contribution in [2.45, 2.75) is 25.6 Å². The van der Waals surface area contributed by atoms with Crippen molar-refractivity contribution in [3.8, 4) is 0 Å². The van der Waals surface area contributed by atoms with Crippen molar-refractivity contribution in [1.29, 1.82) is 0 Å². The Kier molecular flexibility index (Phi) is 6.26. The first-order valence-corrected chi connectivity index (χ1v) is 10.4. The van der Waals surface area contributed by atoms with Gasteiger partial charge in [0.25, 0.3) is 0 Å². The number of para-hydroxylation sites is 1. The molecule has 3 aromatic carbocycles. The molecule has 5 nitrogen and oxygen atoms in total. The number of hydrogen-bond donors (Lipinski definition) is 2. The predicted molar refractivity (Wildman–Crippen MR) is 122 cm³/mol. The molecule has 1 heterocycles. The quantitative estimate of drug-likeness (QED) is 0.530. The van der Waals surface area contributed by atoms with Gasteiger partial charge in [-0.2, -0.15) is 0 Å². The van der Waals surface area contributed by atoms with Gasteiger partial charge in [0.1, 0.15) is 18.4 Å². The van der Waals surface area contributed by atoms with Crippen LogP contribution in [0.15, 0.2) is 96.3 Å². The molecule has 0 saturated carbocycles. The molecule has 31 heavy (non-hydrogen) atoms. The van der Waals surface area contributed by atoms with Crippen LogP contribution in [0, 0.1) is 0 Å². The number of esters is 1. The summed E-state index contributed by atoms with van der Waals surface area (Å²) in [6, 6.07) is 25.2. The second kappa shape index (κ2) is 9.25. The Bertz CT molecular complexity index is 1090. The highest BCUT2D eigenvalue weighted by molar-refractivity contribution is 6.30. The molecule has 2 N–H and O–H groups in total. The van der Waals surface area contributed by atoms with Crippen LogP contribution in [0.3, 0.4) is 0 Å². The molecule has 4 rings (SSSR count). The highest BCUT2D eigenvalue weighted by Gasteiger charge is 2.38. The molecular formula is C25H23ClN2O3. The molecule has 0 radical (unpaired) electrons. The number of carbonyl (C=O) groups is 1. The SMILES string of the molecule is C[C@@H]1C(O)=C(C(=O)OCc2ccccc2)[C@H](c2cccc(Cl)c2)NN1c1ccccc1. The molecule has 3 aromatic rings. The van der Waals surface area contributed by atoms with Gasteiger partial charge in [-0.15, -0.1) is 0 Å². The highest BCUT2D eigenvalue weighted by Crippen LogP contribution is 2.35. The zero-order valence-corrected chi connectivity index (χ0v) is 17.8. The monoisotopic (exact) mass is 434 g/mol. The van der Waals surface area contributed by atoms with Crippen LogP contribution >= 0.6 is 11.6 Å². The summed E-state index contributed by atoms with van der Waals surface area (Å²) in [5, 5.41) is 13.5. The molecular weight excluding hydrogens is 412 g/mol. The molecule has 0 amide bonds. The van der Waals surface area contributed by atoms with E-state index in [1.54, 1.807) is 12.1 Å². The first kappa shape index (κ1) is 21.0. The van der Waals surface area contributed by atoms with Crippen LogP contribution in [0.25, 0.3) is 0 Å². The maximum absolute atomic E-state index is 13.1. The van der Waals surface area contributed by atoms with E-state index in [9.17, 15) is 9.90 Å². The fourth-order valence-corrected chi connectivity index (χ4v) is 3.85. The normalized spacial score (nSPS) is 18.7. The van der Waals surface area contributed by atoms with Gasteiger partial charge >= 0.3 is 5.97 Å². The number of benzene rings is 3. The summed E-state index contributed by atoms with van der Waals surface area (Å²) in [6.07, 6.45) is 0. The van der Waals surface area contributed by atoms with E-state index in [0.29, 0.717) is 5.02 Å². The van der Waals surface area contributed by atoms with Gasteiger partial charge in [0.15, 0.2) is 0 Å². The number of hydrazine groups is 1. The summed E-state index contributed by atoms with van der Waals surface area (Å²) in [6.45, 7) is 1.95. The maximum Gasteiger partial charge on any atom is 0.339 e. The largest absolute Gasteiger partial charge is 0.509 e. The van der Waals surface area contributed by atoms with E-state index in [4.69, 9.17) is 16.3 Å². The van der Waals surface area contributed by atoms with Gasteiger partial charge < -0.3 is 9.84 Å². The average Bonchev–Trinajstić information content (AvgIpc) is 2.80. The number of aliphatic hydroxyl groups excluding tert-OH is 1. The van der Waals surface area contributed by atoms with E-state index >= 15 is 0 Å². The number of nitrogens with zero attached hydrogens (tertiary/aromatic N) is 1. The van der Waals surface area contributed by atoms with Crippen molar-refractivity contribution in [2.75, 3.05) is 5.01 Å². The molecule has 0 bridgehead atoms. The van der Waals surface area contributed by atoms with Gasteiger partial charge in [-0.1, -0.05) is 72.3 Å². The number of carbonyl (C=O) groups excluding carboxylic acids is 1. The molecule has 0 unspecified atom stereocenters. The summed E-state index contributed by atoms with van der Waals surface area (Å²) in [4.78, 5) is 13.1. The number of aliphatic hydroxyl groups is 1. The first-order valence-electron chi connectivity index (χ1n) is 10.0. The van der Waals surface area contributed by atoms with Gasteiger partial charge in [0.2, 0.25) is 0 Å². The summed E-state index contributed by atoms with van der Waals surface area (Å²) < 4.78 is 5.56. The molecule has 158 valence electrons. The van der Waals surface area contributed by atoms with E-state index in [1.165, 1.54) is 0 Å². The Labute approximate surface area is 186 Å². The van der Waals surface area contributed by atoms with Gasteiger partial charge in [0, 0.05) is 5.02 Å². The lowest BCUT2D eigenvalue weighted by Crippen LogP contribution is -2.53. The minimum Gasteiger partial charge on any atom is -0.509 e. The molecule has 0 aliphatic carbocycles. The number of ether oxygens (including phenoxy) is 1. The van der Waals surface area contributed by atoms with Crippen LogP contribution in [0.1, 0.15) is 24.1 Å². The lowest BCUT2D eigenvalue weighted by atomic mass is 9.93. The zero-order valence-electron chi connectivity index (χ0n) is 17.0. The van der Waals surface area contributed by atoms with Crippen LogP contribution < -0.4 is 10.4 Å². The van der Waals surface area contributed by atoms with Crippen molar-refractivity contribution < 1.29 is 14.6 Å². The lowest BCUT2D eigenvalue weighted by molar-refractivity contribution is -0.141. The molecule has 1 aliphatic rings. The Hall–Kier alpha value is -3.28. The fourth-order valence-electron chi connectivity index (χ4n) is 3.65. The van der Waals surface area contributed by atoms with E-state index in [0.717, 1.165) is 16.8 Å². The Balaban J connectivity index is 1.70. The van der Waals surface area contributed by atoms with Crippen LogP contribution in [0.5, 0.6) is 0 Å². The van der Waals surface area contributed by atoms with Gasteiger partial charge in [0.05, 0.1) is 17.3 Å². The van der Waals surface area contributed by atoms with Crippen LogP contribution in [0.2, 0.25) is 5.02 Å². The zero-order chi connectivity index (χ0) is 21.8. The minimum atomic E-state index is -0.627.